The number of nitrogens with two attached hydrogens (primary N) is 1. The van der Waals surface area contributed by atoms with Gasteiger partial charge in [0.05, 0.1) is 13.2 Å². The van der Waals surface area contributed by atoms with Crippen LogP contribution in [0.3, 0.4) is 0 Å². The Bertz CT molecular complexity index is 933. The normalized spacial score (nSPS) is 20.3. The van der Waals surface area contributed by atoms with Gasteiger partial charge >= 0.3 is 11.9 Å². The standard InChI is InChI=1S/C21H24N2O6/c1-4-6-11-28-19(25)16-17(22)29-12(3)15(18(24)27-5-2)21(16)13-9-7-8-10-14(13)23-20(21)26/h7-10H,4-6,11,22H2,1-3H3,(H,23,26)/t21-/m1/s1. The number of hydrogen-bond acceptors (Lipinski definition) is 7. The van der Waals surface area contributed by atoms with Crippen LogP contribution in [0.15, 0.2) is 47.1 Å². The van der Waals surface area contributed by atoms with E-state index >= 15 is 0 Å². The molecule has 29 heavy (non-hydrogen) atoms. The molecule has 8 nitrogen and oxygen atoms in total. The predicted molar refractivity (Wildman–Crippen MR) is 104 cm³/mol. The molecule has 2 aliphatic heterocycles. The van der Waals surface area contributed by atoms with E-state index in [1.807, 2.05) is 6.92 Å². The minimum absolute atomic E-state index is 0.0848. The highest BCUT2D eigenvalue weighted by Crippen LogP contribution is 2.52. The van der Waals surface area contributed by atoms with E-state index in [2.05, 4.69) is 5.32 Å². The van der Waals surface area contributed by atoms with Crippen molar-refractivity contribution in [3.63, 3.8) is 0 Å². The Morgan fingerprint density at radius 2 is 1.83 bits per heavy atom. The summed E-state index contributed by atoms with van der Waals surface area (Å²) in [6.45, 7) is 5.36. The Morgan fingerprint density at radius 3 is 2.52 bits per heavy atom. The van der Waals surface area contributed by atoms with Crippen molar-refractivity contribution in [3.8, 4) is 0 Å². The van der Waals surface area contributed by atoms with E-state index in [0.29, 0.717) is 17.7 Å². The molecule has 3 N–H and O–H groups in total. The zero-order chi connectivity index (χ0) is 21.2. The molecule has 0 bridgehead atoms. The smallest absolute Gasteiger partial charge is 0.341 e. The van der Waals surface area contributed by atoms with E-state index in [0.717, 1.165) is 6.42 Å². The summed E-state index contributed by atoms with van der Waals surface area (Å²) in [6.07, 6.45) is 1.47. The Morgan fingerprint density at radius 1 is 1.14 bits per heavy atom. The highest BCUT2D eigenvalue weighted by molar-refractivity contribution is 6.21. The fourth-order valence-corrected chi connectivity index (χ4v) is 3.73. The second-order valence-electron chi connectivity index (χ2n) is 6.73. The van der Waals surface area contributed by atoms with Crippen LogP contribution in [-0.4, -0.2) is 31.1 Å². The lowest BCUT2D eigenvalue weighted by molar-refractivity contribution is -0.143. The minimum Gasteiger partial charge on any atom is -0.462 e. The van der Waals surface area contributed by atoms with Crippen LogP contribution in [0, 0.1) is 0 Å². The fourth-order valence-electron chi connectivity index (χ4n) is 3.73. The van der Waals surface area contributed by atoms with Gasteiger partial charge in [0, 0.05) is 11.3 Å². The van der Waals surface area contributed by atoms with Crippen molar-refractivity contribution in [1.29, 1.82) is 0 Å². The molecule has 1 spiro atoms. The second-order valence-corrected chi connectivity index (χ2v) is 6.73. The molecule has 1 amide bonds. The van der Waals surface area contributed by atoms with E-state index in [4.69, 9.17) is 19.9 Å². The monoisotopic (exact) mass is 400 g/mol. The van der Waals surface area contributed by atoms with Gasteiger partial charge in [0.15, 0.2) is 0 Å². The van der Waals surface area contributed by atoms with Crippen molar-refractivity contribution in [3.05, 3.63) is 52.6 Å². The van der Waals surface area contributed by atoms with Crippen LogP contribution in [0.1, 0.15) is 39.2 Å². The molecule has 0 unspecified atom stereocenters. The first-order valence-corrected chi connectivity index (χ1v) is 9.54. The molecule has 0 aliphatic carbocycles. The molecule has 0 fully saturated rings. The Kier molecular flexibility index (Phi) is 5.63. The van der Waals surface area contributed by atoms with Crippen LogP contribution in [0.25, 0.3) is 0 Å². The van der Waals surface area contributed by atoms with Crippen LogP contribution in [0.5, 0.6) is 0 Å². The largest absolute Gasteiger partial charge is 0.462 e. The molecule has 1 atom stereocenters. The lowest BCUT2D eigenvalue weighted by atomic mass is 9.67. The second kappa shape index (κ2) is 7.98. The van der Waals surface area contributed by atoms with E-state index in [1.165, 1.54) is 6.92 Å². The van der Waals surface area contributed by atoms with E-state index in [9.17, 15) is 14.4 Å². The molecule has 3 rings (SSSR count). The summed E-state index contributed by atoms with van der Waals surface area (Å²) in [7, 11) is 0. The lowest BCUT2D eigenvalue weighted by Crippen LogP contribution is -2.48. The maximum atomic E-state index is 13.4. The number of benzene rings is 1. The summed E-state index contributed by atoms with van der Waals surface area (Å²) >= 11 is 0. The van der Waals surface area contributed by atoms with Gasteiger partial charge in [-0.1, -0.05) is 31.5 Å². The van der Waals surface area contributed by atoms with Gasteiger partial charge < -0.3 is 25.3 Å². The third-order valence-corrected chi connectivity index (χ3v) is 4.95. The number of anilines is 1. The summed E-state index contributed by atoms with van der Waals surface area (Å²) in [5.74, 6) is -2.34. The molecule has 1 aromatic rings. The van der Waals surface area contributed by atoms with Gasteiger partial charge in [-0.2, -0.15) is 0 Å². The number of allylic oxidation sites excluding steroid dienone is 1. The number of rotatable bonds is 6. The van der Waals surface area contributed by atoms with Gasteiger partial charge in [-0.3, -0.25) is 4.79 Å². The SMILES string of the molecule is CCCCOC(=O)C1=C(N)OC(C)=C(C(=O)OCC)[C@@]12C(=O)Nc1ccccc12. The number of nitrogens with one attached hydrogen (secondary N) is 1. The fraction of sp³-hybridized carbons (Fsp3) is 0.381. The molecule has 154 valence electrons. The Hall–Kier alpha value is -3.29. The molecular weight excluding hydrogens is 376 g/mol. The topological polar surface area (TPSA) is 117 Å². The van der Waals surface area contributed by atoms with Crippen LogP contribution >= 0.6 is 0 Å². The average Bonchev–Trinajstić information content (AvgIpc) is 2.94. The molecule has 1 aromatic carbocycles. The van der Waals surface area contributed by atoms with Crippen molar-refractivity contribution in [1.82, 2.24) is 0 Å². The molecule has 0 saturated heterocycles. The van der Waals surface area contributed by atoms with Crippen molar-refractivity contribution in [2.24, 2.45) is 5.73 Å². The lowest BCUT2D eigenvalue weighted by Gasteiger charge is -2.35. The minimum atomic E-state index is -1.81. The summed E-state index contributed by atoms with van der Waals surface area (Å²) in [4.78, 5) is 39.3. The number of unbranched alkanes of at least 4 members (excludes halogenated alkanes) is 1. The predicted octanol–water partition coefficient (Wildman–Crippen LogP) is 2.26. The van der Waals surface area contributed by atoms with Crippen molar-refractivity contribution >= 4 is 23.5 Å². The number of esters is 2. The van der Waals surface area contributed by atoms with Gasteiger partial charge in [0.1, 0.15) is 22.3 Å². The maximum Gasteiger partial charge on any atom is 0.341 e. The summed E-state index contributed by atoms with van der Waals surface area (Å²) in [6, 6.07) is 6.80. The summed E-state index contributed by atoms with van der Waals surface area (Å²) in [5, 5.41) is 2.74. The molecule has 0 saturated carbocycles. The Balaban J connectivity index is 2.25. The van der Waals surface area contributed by atoms with Crippen LogP contribution < -0.4 is 11.1 Å². The van der Waals surface area contributed by atoms with Gasteiger partial charge in [-0.15, -0.1) is 0 Å². The third-order valence-electron chi connectivity index (χ3n) is 4.95. The highest BCUT2D eigenvalue weighted by Gasteiger charge is 2.61. The van der Waals surface area contributed by atoms with Gasteiger partial charge in [0.25, 0.3) is 0 Å². The van der Waals surface area contributed by atoms with Gasteiger partial charge in [-0.25, -0.2) is 9.59 Å². The summed E-state index contributed by atoms with van der Waals surface area (Å²) in [5.41, 5.74) is 4.86. The maximum absolute atomic E-state index is 13.4. The first-order valence-electron chi connectivity index (χ1n) is 9.54. The van der Waals surface area contributed by atoms with Crippen LogP contribution in [0.4, 0.5) is 5.69 Å². The third kappa shape index (κ3) is 3.14. The first-order chi connectivity index (χ1) is 13.9. The van der Waals surface area contributed by atoms with Crippen LogP contribution in [0.2, 0.25) is 0 Å². The van der Waals surface area contributed by atoms with E-state index in [1.54, 1.807) is 31.2 Å². The van der Waals surface area contributed by atoms with E-state index in [-0.39, 0.29) is 36.0 Å². The number of para-hydroxylation sites is 1. The molecule has 8 heteroatoms. The number of amides is 1. The number of carbonyl (C=O) groups excluding carboxylic acids is 3. The Labute approximate surface area is 168 Å². The van der Waals surface area contributed by atoms with Crippen LogP contribution in [-0.2, 0) is 34.0 Å². The number of fused-ring (bicyclic) bond motifs is 2. The molecule has 0 radical (unpaired) electrons. The first kappa shape index (κ1) is 20.4. The summed E-state index contributed by atoms with van der Waals surface area (Å²) < 4.78 is 16.1. The van der Waals surface area contributed by atoms with Crippen molar-refractivity contribution in [2.75, 3.05) is 18.5 Å². The zero-order valence-corrected chi connectivity index (χ0v) is 16.7. The quantitative estimate of drug-likeness (QED) is 0.556. The van der Waals surface area contributed by atoms with Crippen molar-refractivity contribution in [2.45, 2.75) is 39.0 Å². The number of ether oxygens (including phenoxy) is 3. The molecule has 2 aliphatic rings. The average molecular weight is 400 g/mol. The van der Waals surface area contributed by atoms with E-state index < -0.39 is 23.3 Å². The number of carbonyl (C=O) groups is 3. The molecular formula is C21H24N2O6. The highest BCUT2D eigenvalue weighted by atomic mass is 16.5. The van der Waals surface area contributed by atoms with Gasteiger partial charge in [0.2, 0.25) is 11.8 Å². The number of hydrogen-bond donors (Lipinski definition) is 2. The van der Waals surface area contributed by atoms with Gasteiger partial charge in [-0.05, 0) is 26.3 Å². The zero-order valence-electron chi connectivity index (χ0n) is 16.7. The molecule has 0 aromatic heterocycles. The molecule has 2 heterocycles. The van der Waals surface area contributed by atoms with Crippen molar-refractivity contribution < 1.29 is 28.6 Å².